The lowest BCUT2D eigenvalue weighted by Gasteiger charge is -2.37. The van der Waals surface area contributed by atoms with Gasteiger partial charge in [0.05, 0.1) is 6.61 Å². The Morgan fingerprint density at radius 3 is 2.88 bits per heavy atom. The molecule has 0 spiro atoms. The zero-order chi connectivity index (χ0) is 11.4. The highest BCUT2D eigenvalue weighted by Gasteiger charge is 2.28. The van der Waals surface area contributed by atoms with E-state index in [1.807, 2.05) is 0 Å². The molecule has 2 aliphatic rings. The molecule has 2 saturated heterocycles. The molecule has 3 nitrogen and oxygen atoms in total. The number of piperidine rings is 1. The van der Waals surface area contributed by atoms with E-state index < -0.39 is 0 Å². The average molecular weight is 226 g/mol. The number of nitrogens with zero attached hydrogens (tertiary/aromatic N) is 1. The Bertz CT molecular complexity index is 204. The fraction of sp³-hybridized carbons (Fsp3) is 1.00. The Balaban J connectivity index is 1.84. The van der Waals surface area contributed by atoms with E-state index >= 15 is 0 Å². The van der Waals surface area contributed by atoms with E-state index in [0.29, 0.717) is 6.04 Å². The third kappa shape index (κ3) is 2.96. The van der Waals surface area contributed by atoms with E-state index in [-0.39, 0.29) is 0 Å². The van der Waals surface area contributed by atoms with Gasteiger partial charge in [0.2, 0.25) is 0 Å². The van der Waals surface area contributed by atoms with Crippen molar-refractivity contribution in [2.24, 2.45) is 5.92 Å². The molecule has 0 bridgehead atoms. The summed E-state index contributed by atoms with van der Waals surface area (Å²) >= 11 is 0. The van der Waals surface area contributed by atoms with Gasteiger partial charge in [-0.3, -0.25) is 4.90 Å². The lowest BCUT2D eigenvalue weighted by molar-refractivity contribution is 0.122. The molecule has 0 aromatic heterocycles. The van der Waals surface area contributed by atoms with Crippen molar-refractivity contribution in [1.29, 1.82) is 0 Å². The van der Waals surface area contributed by atoms with Gasteiger partial charge < -0.3 is 10.1 Å². The number of hydrogen-bond acceptors (Lipinski definition) is 3. The molecule has 1 N–H and O–H groups in total. The highest BCUT2D eigenvalue weighted by Crippen LogP contribution is 2.21. The Morgan fingerprint density at radius 2 is 2.25 bits per heavy atom. The van der Waals surface area contributed by atoms with Crippen LogP contribution in [0.1, 0.15) is 32.6 Å². The van der Waals surface area contributed by atoms with Crippen LogP contribution in [-0.4, -0.2) is 50.3 Å². The van der Waals surface area contributed by atoms with Crippen molar-refractivity contribution < 1.29 is 4.74 Å². The van der Waals surface area contributed by atoms with Crippen LogP contribution in [0.5, 0.6) is 0 Å². The van der Waals surface area contributed by atoms with Gasteiger partial charge in [0.1, 0.15) is 0 Å². The Morgan fingerprint density at radius 1 is 1.38 bits per heavy atom. The SMILES string of the molecule is CNC(CN1CCCCC1C)C1CCOC1. The van der Waals surface area contributed by atoms with E-state index in [0.717, 1.165) is 25.2 Å². The summed E-state index contributed by atoms with van der Waals surface area (Å²) in [5, 5.41) is 3.49. The normalized spacial score (nSPS) is 34.1. The van der Waals surface area contributed by atoms with Crippen molar-refractivity contribution in [1.82, 2.24) is 10.2 Å². The monoisotopic (exact) mass is 226 g/mol. The van der Waals surface area contributed by atoms with Gasteiger partial charge in [0, 0.05) is 31.2 Å². The maximum absolute atomic E-state index is 5.50. The molecule has 3 atom stereocenters. The number of likely N-dealkylation sites (tertiary alicyclic amines) is 1. The molecule has 16 heavy (non-hydrogen) atoms. The van der Waals surface area contributed by atoms with Crippen LogP contribution in [0.15, 0.2) is 0 Å². The van der Waals surface area contributed by atoms with Gasteiger partial charge in [0.25, 0.3) is 0 Å². The van der Waals surface area contributed by atoms with Gasteiger partial charge in [0.15, 0.2) is 0 Å². The molecule has 0 radical (unpaired) electrons. The first-order valence-corrected chi connectivity index (χ1v) is 6.80. The molecule has 0 aliphatic carbocycles. The molecule has 3 heteroatoms. The topological polar surface area (TPSA) is 24.5 Å². The Labute approximate surface area is 99.5 Å². The van der Waals surface area contributed by atoms with Crippen LogP contribution >= 0.6 is 0 Å². The van der Waals surface area contributed by atoms with Crippen LogP contribution < -0.4 is 5.32 Å². The number of hydrogen-bond donors (Lipinski definition) is 1. The molecular weight excluding hydrogens is 200 g/mol. The summed E-state index contributed by atoms with van der Waals surface area (Å²) in [6, 6.07) is 1.38. The molecule has 2 fully saturated rings. The molecule has 0 aromatic carbocycles. The number of ether oxygens (including phenoxy) is 1. The Hall–Kier alpha value is -0.120. The van der Waals surface area contributed by atoms with Gasteiger partial charge in [-0.15, -0.1) is 0 Å². The number of rotatable bonds is 4. The van der Waals surface area contributed by atoms with E-state index in [1.54, 1.807) is 0 Å². The van der Waals surface area contributed by atoms with Crippen molar-refractivity contribution in [2.45, 2.75) is 44.7 Å². The summed E-state index contributed by atoms with van der Waals surface area (Å²) < 4.78 is 5.50. The fourth-order valence-electron chi connectivity index (χ4n) is 3.03. The van der Waals surface area contributed by atoms with Crippen LogP contribution in [0.25, 0.3) is 0 Å². The van der Waals surface area contributed by atoms with Crippen molar-refractivity contribution in [3.05, 3.63) is 0 Å². The minimum absolute atomic E-state index is 0.614. The van der Waals surface area contributed by atoms with E-state index in [9.17, 15) is 0 Å². The third-order valence-corrected chi connectivity index (χ3v) is 4.28. The zero-order valence-corrected chi connectivity index (χ0v) is 10.7. The van der Waals surface area contributed by atoms with Crippen LogP contribution in [-0.2, 0) is 4.74 Å². The fourth-order valence-corrected chi connectivity index (χ4v) is 3.03. The van der Waals surface area contributed by atoms with Crippen molar-refractivity contribution in [3.63, 3.8) is 0 Å². The van der Waals surface area contributed by atoms with Crippen molar-refractivity contribution >= 4 is 0 Å². The van der Waals surface area contributed by atoms with Gasteiger partial charge in [-0.25, -0.2) is 0 Å². The van der Waals surface area contributed by atoms with Crippen LogP contribution in [0, 0.1) is 5.92 Å². The molecule has 0 saturated carbocycles. The van der Waals surface area contributed by atoms with Crippen LogP contribution in [0.3, 0.4) is 0 Å². The largest absolute Gasteiger partial charge is 0.381 e. The predicted octanol–water partition coefficient (Wildman–Crippen LogP) is 1.49. The standard InChI is InChI=1S/C13H26N2O/c1-11-5-3-4-7-15(11)9-13(14-2)12-6-8-16-10-12/h11-14H,3-10H2,1-2H3. The second kappa shape index (κ2) is 5.99. The molecule has 0 aromatic rings. The Kier molecular flexibility index (Phi) is 4.62. The first-order valence-electron chi connectivity index (χ1n) is 6.80. The summed E-state index contributed by atoms with van der Waals surface area (Å²) in [4.78, 5) is 2.66. The third-order valence-electron chi connectivity index (χ3n) is 4.28. The zero-order valence-electron chi connectivity index (χ0n) is 10.7. The molecular formula is C13H26N2O. The minimum atomic E-state index is 0.614. The second-order valence-corrected chi connectivity index (χ2v) is 5.36. The summed E-state index contributed by atoms with van der Waals surface area (Å²) in [6.07, 6.45) is 5.39. The molecule has 2 rings (SSSR count). The first kappa shape index (κ1) is 12.3. The summed E-state index contributed by atoms with van der Waals surface area (Å²) in [5.74, 6) is 0.721. The van der Waals surface area contributed by atoms with E-state index in [1.165, 1.54) is 38.8 Å². The summed E-state index contributed by atoms with van der Waals surface area (Å²) in [7, 11) is 2.09. The first-order chi connectivity index (χ1) is 7.81. The molecule has 94 valence electrons. The van der Waals surface area contributed by atoms with Crippen molar-refractivity contribution in [3.8, 4) is 0 Å². The highest BCUT2D eigenvalue weighted by atomic mass is 16.5. The summed E-state index contributed by atoms with van der Waals surface area (Å²) in [6.45, 7) is 6.77. The van der Waals surface area contributed by atoms with Crippen LogP contribution in [0.2, 0.25) is 0 Å². The minimum Gasteiger partial charge on any atom is -0.381 e. The van der Waals surface area contributed by atoms with Gasteiger partial charge in [-0.2, -0.15) is 0 Å². The van der Waals surface area contributed by atoms with Crippen molar-refractivity contribution in [2.75, 3.05) is 33.4 Å². The lowest BCUT2D eigenvalue weighted by Crippen LogP contribution is -2.48. The second-order valence-electron chi connectivity index (χ2n) is 5.36. The highest BCUT2D eigenvalue weighted by molar-refractivity contribution is 4.84. The molecule has 0 amide bonds. The van der Waals surface area contributed by atoms with Gasteiger partial charge >= 0.3 is 0 Å². The maximum Gasteiger partial charge on any atom is 0.0510 e. The number of likely N-dealkylation sites (N-methyl/N-ethyl adjacent to an activating group) is 1. The van der Waals surface area contributed by atoms with Crippen LogP contribution in [0.4, 0.5) is 0 Å². The average Bonchev–Trinajstić information content (AvgIpc) is 2.81. The quantitative estimate of drug-likeness (QED) is 0.786. The smallest absolute Gasteiger partial charge is 0.0510 e. The van der Waals surface area contributed by atoms with Gasteiger partial charge in [-0.05, 0) is 39.8 Å². The van der Waals surface area contributed by atoms with Gasteiger partial charge in [-0.1, -0.05) is 6.42 Å². The van der Waals surface area contributed by atoms with E-state index in [2.05, 4.69) is 24.2 Å². The molecule has 2 aliphatic heterocycles. The lowest BCUT2D eigenvalue weighted by atomic mass is 9.96. The number of nitrogens with one attached hydrogen (secondary N) is 1. The maximum atomic E-state index is 5.50. The molecule has 3 unspecified atom stereocenters. The molecule has 2 heterocycles. The van der Waals surface area contributed by atoms with E-state index in [4.69, 9.17) is 4.74 Å². The summed E-state index contributed by atoms with van der Waals surface area (Å²) in [5.41, 5.74) is 0. The predicted molar refractivity (Wildman–Crippen MR) is 66.7 cm³/mol.